The van der Waals surface area contributed by atoms with Gasteiger partial charge >= 0.3 is 11.9 Å². The summed E-state index contributed by atoms with van der Waals surface area (Å²) in [6.07, 6.45) is 3.43. The van der Waals surface area contributed by atoms with E-state index in [1.54, 1.807) is 0 Å². The Morgan fingerprint density at radius 1 is 1.38 bits per heavy atom. The van der Waals surface area contributed by atoms with Gasteiger partial charge in [-0.3, -0.25) is 4.79 Å². The first-order valence-corrected chi connectivity index (χ1v) is 9.78. The average molecular weight is 364 g/mol. The molecule has 144 valence electrons. The number of rotatable bonds is 4. The molecule has 6 heteroatoms. The third-order valence-electron chi connectivity index (χ3n) is 7.24. The van der Waals surface area contributed by atoms with Crippen molar-refractivity contribution in [3.05, 3.63) is 11.1 Å². The Morgan fingerprint density at radius 2 is 2.19 bits per heavy atom. The van der Waals surface area contributed by atoms with Crippen molar-refractivity contribution < 1.29 is 28.9 Å². The molecule has 26 heavy (non-hydrogen) atoms. The third kappa shape index (κ3) is 2.45. The van der Waals surface area contributed by atoms with Crippen molar-refractivity contribution in [2.75, 3.05) is 20.3 Å². The first kappa shape index (κ1) is 18.0. The molecule has 0 radical (unpaired) electrons. The summed E-state index contributed by atoms with van der Waals surface area (Å²) >= 11 is 0. The van der Waals surface area contributed by atoms with Crippen LogP contribution in [0.4, 0.5) is 0 Å². The first-order valence-electron chi connectivity index (χ1n) is 9.78. The molecule has 0 bridgehead atoms. The Balaban J connectivity index is 1.75. The van der Waals surface area contributed by atoms with Crippen LogP contribution in [0.2, 0.25) is 0 Å². The maximum absolute atomic E-state index is 13.1. The van der Waals surface area contributed by atoms with E-state index >= 15 is 0 Å². The van der Waals surface area contributed by atoms with Gasteiger partial charge in [0, 0.05) is 30.6 Å². The van der Waals surface area contributed by atoms with E-state index in [9.17, 15) is 14.7 Å². The van der Waals surface area contributed by atoms with E-state index in [4.69, 9.17) is 14.2 Å². The molecule has 4 aliphatic rings. The van der Waals surface area contributed by atoms with Crippen LogP contribution in [0.5, 0.6) is 0 Å². The maximum Gasteiger partial charge on any atom is 0.334 e. The zero-order valence-corrected chi connectivity index (χ0v) is 15.5. The highest BCUT2D eigenvalue weighted by atomic mass is 16.6. The van der Waals surface area contributed by atoms with E-state index in [1.807, 2.05) is 6.92 Å². The Morgan fingerprint density at radius 3 is 2.88 bits per heavy atom. The topological polar surface area (TPSA) is 82.1 Å². The number of aliphatic hydroxyl groups is 1. The summed E-state index contributed by atoms with van der Waals surface area (Å²) in [7, 11) is 1.42. The molecule has 0 amide bonds. The second-order valence-corrected chi connectivity index (χ2v) is 8.28. The van der Waals surface area contributed by atoms with Crippen LogP contribution in [0.15, 0.2) is 11.1 Å². The molecule has 0 aromatic carbocycles. The molecule has 6 atom stereocenters. The number of carbonyl (C=O) groups excluding carboxylic acids is 2. The van der Waals surface area contributed by atoms with Gasteiger partial charge in [0.2, 0.25) is 0 Å². The van der Waals surface area contributed by atoms with E-state index in [2.05, 4.69) is 0 Å². The molecule has 2 aliphatic carbocycles. The molecule has 2 fully saturated rings. The molecular formula is C20H28O6. The molecular weight excluding hydrogens is 336 g/mol. The Bertz CT molecular complexity index is 634. The molecule has 0 aromatic rings. The zero-order chi connectivity index (χ0) is 18.5. The van der Waals surface area contributed by atoms with E-state index < -0.39 is 17.6 Å². The van der Waals surface area contributed by atoms with Crippen LogP contribution in [0.25, 0.3) is 0 Å². The second-order valence-electron chi connectivity index (χ2n) is 8.28. The molecule has 0 spiro atoms. The first-order chi connectivity index (χ1) is 12.5. The van der Waals surface area contributed by atoms with Gasteiger partial charge in [-0.15, -0.1) is 0 Å². The average Bonchev–Trinajstić information content (AvgIpc) is 3.29. The molecule has 1 saturated carbocycles. The highest BCUT2D eigenvalue weighted by Gasteiger charge is 2.63. The second kappa shape index (κ2) is 6.64. The van der Waals surface area contributed by atoms with Gasteiger partial charge in [0.1, 0.15) is 0 Å². The largest absolute Gasteiger partial charge is 0.469 e. The van der Waals surface area contributed by atoms with Gasteiger partial charge in [0.05, 0.1) is 18.6 Å². The lowest BCUT2D eigenvalue weighted by Crippen LogP contribution is -2.58. The number of hydrogen-bond acceptors (Lipinski definition) is 6. The van der Waals surface area contributed by atoms with Crippen molar-refractivity contribution in [2.24, 2.45) is 23.2 Å². The lowest BCUT2D eigenvalue weighted by molar-refractivity contribution is -0.177. The predicted molar refractivity (Wildman–Crippen MR) is 92.0 cm³/mol. The standard InChI is InChI=1S/C20H28O6/c1-11-16(21)17-15-13(18(22)26-17)4-3-5-14(15)20(11,19(23)24-2)8-6-12-7-9-25-10-12/h11-12,14,16-17,21H,3-10H2,1-2H3/t11-,12?,14+,16+,17-,20-/m1/s1. The summed E-state index contributed by atoms with van der Waals surface area (Å²) in [5.41, 5.74) is 0.761. The lowest BCUT2D eigenvalue weighted by Gasteiger charge is -2.52. The fraction of sp³-hybridized carbons (Fsp3) is 0.800. The van der Waals surface area contributed by atoms with Crippen molar-refractivity contribution in [1.29, 1.82) is 0 Å². The van der Waals surface area contributed by atoms with Crippen LogP contribution in [0.1, 0.15) is 45.4 Å². The SMILES string of the molecule is COC(=O)[C@]1(CCC2CCOC2)[C@H](C)[C@H](O)[C@@H]2OC(=O)C3=C2[C@@H]1CCC3. The number of esters is 2. The van der Waals surface area contributed by atoms with Crippen LogP contribution in [0.3, 0.4) is 0 Å². The van der Waals surface area contributed by atoms with E-state index in [0.717, 1.165) is 44.5 Å². The molecule has 0 aromatic heterocycles. The zero-order valence-electron chi connectivity index (χ0n) is 15.5. The number of methoxy groups -OCH3 is 1. The van der Waals surface area contributed by atoms with Gasteiger partial charge in [-0.05, 0) is 50.0 Å². The van der Waals surface area contributed by atoms with Crippen molar-refractivity contribution in [2.45, 2.75) is 57.7 Å². The molecule has 2 heterocycles. The minimum Gasteiger partial charge on any atom is -0.469 e. The fourth-order valence-electron chi connectivity index (χ4n) is 5.78. The Hall–Kier alpha value is -1.40. The molecule has 2 aliphatic heterocycles. The van der Waals surface area contributed by atoms with E-state index in [1.165, 1.54) is 7.11 Å². The van der Waals surface area contributed by atoms with Gasteiger partial charge in [0.25, 0.3) is 0 Å². The summed E-state index contributed by atoms with van der Waals surface area (Å²) in [5, 5.41) is 10.9. The molecule has 1 N–H and O–H groups in total. The molecule has 4 rings (SSSR count). The van der Waals surface area contributed by atoms with Gasteiger partial charge in [0.15, 0.2) is 6.10 Å². The number of aliphatic hydroxyl groups excluding tert-OH is 1. The monoisotopic (exact) mass is 364 g/mol. The van der Waals surface area contributed by atoms with E-state index in [0.29, 0.717) is 24.3 Å². The van der Waals surface area contributed by atoms with Crippen molar-refractivity contribution >= 4 is 11.9 Å². The number of hydrogen-bond donors (Lipinski definition) is 1. The van der Waals surface area contributed by atoms with Crippen LogP contribution < -0.4 is 0 Å². The minimum absolute atomic E-state index is 0.0872. The Labute approximate surface area is 153 Å². The highest BCUT2D eigenvalue weighted by Crippen LogP contribution is 2.59. The molecule has 1 saturated heterocycles. The quantitative estimate of drug-likeness (QED) is 0.769. The van der Waals surface area contributed by atoms with E-state index in [-0.39, 0.29) is 23.8 Å². The maximum atomic E-state index is 13.1. The van der Waals surface area contributed by atoms with Crippen LogP contribution in [-0.4, -0.2) is 49.6 Å². The lowest BCUT2D eigenvalue weighted by atomic mass is 9.52. The predicted octanol–water partition coefficient (Wildman–Crippen LogP) is 2.00. The fourth-order valence-corrected chi connectivity index (χ4v) is 5.78. The van der Waals surface area contributed by atoms with Gasteiger partial charge < -0.3 is 19.3 Å². The van der Waals surface area contributed by atoms with Crippen molar-refractivity contribution in [1.82, 2.24) is 0 Å². The van der Waals surface area contributed by atoms with Gasteiger partial charge in [-0.25, -0.2) is 4.79 Å². The van der Waals surface area contributed by atoms with Gasteiger partial charge in [-0.2, -0.15) is 0 Å². The van der Waals surface area contributed by atoms with Crippen molar-refractivity contribution in [3.8, 4) is 0 Å². The summed E-state index contributed by atoms with van der Waals surface area (Å²) in [5.74, 6) is -0.556. The van der Waals surface area contributed by atoms with Crippen molar-refractivity contribution in [3.63, 3.8) is 0 Å². The normalized spacial score (nSPS) is 41.8. The van der Waals surface area contributed by atoms with Crippen LogP contribution >= 0.6 is 0 Å². The molecule has 6 nitrogen and oxygen atoms in total. The highest BCUT2D eigenvalue weighted by molar-refractivity contribution is 5.93. The number of carbonyl (C=O) groups is 2. The number of ether oxygens (including phenoxy) is 3. The molecule has 1 unspecified atom stereocenters. The third-order valence-corrected chi connectivity index (χ3v) is 7.24. The summed E-state index contributed by atoms with van der Waals surface area (Å²) in [6.45, 7) is 3.41. The van der Waals surface area contributed by atoms with Crippen LogP contribution in [-0.2, 0) is 23.8 Å². The Kier molecular flexibility index (Phi) is 4.59. The summed E-state index contributed by atoms with van der Waals surface area (Å²) in [4.78, 5) is 25.4. The van der Waals surface area contributed by atoms with Gasteiger partial charge in [-0.1, -0.05) is 6.92 Å². The smallest absolute Gasteiger partial charge is 0.334 e. The van der Waals surface area contributed by atoms with Crippen LogP contribution in [0, 0.1) is 23.2 Å². The summed E-state index contributed by atoms with van der Waals surface area (Å²) < 4.78 is 16.3. The summed E-state index contributed by atoms with van der Waals surface area (Å²) in [6, 6.07) is 0. The minimum atomic E-state index is -0.875.